The summed E-state index contributed by atoms with van der Waals surface area (Å²) in [6.45, 7) is 4.46. The fourth-order valence-electron chi connectivity index (χ4n) is 4.49. The summed E-state index contributed by atoms with van der Waals surface area (Å²) in [5, 5.41) is 3.65. The van der Waals surface area contributed by atoms with Gasteiger partial charge in [-0.05, 0) is 60.7 Å². The Labute approximate surface area is 181 Å². The van der Waals surface area contributed by atoms with Gasteiger partial charge in [0.25, 0.3) is 0 Å². The first-order valence-electron chi connectivity index (χ1n) is 11.0. The number of hydrogen-bond acceptors (Lipinski definition) is 4. The zero-order valence-electron chi connectivity index (χ0n) is 17.8. The molecule has 0 radical (unpaired) electrons. The van der Waals surface area contributed by atoms with Crippen molar-refractivity contribution in [2.45, 2.75) is 32.6 Å². The Hall–Kier alpha value is -3.66. The van der Waals surface area contributed by atoms with E-state index in [1.807, 2.05) is 24.3 Å². The Bertz CT molecular complexity index is 1380. The molecule has 31 heavy (non-hydrogen) atoms. The smallest absolute Gasteiger partial charge is 0.0917 e. The predicted molar refractivity (Wildman–Crippen MR) is 129 cm³/mol. The van der Waals surface area contributed by atoms with Gasteiger partial charge in [-0.25, -0.2) is 9.97 Å². The SMILES string of the molecule is CC(C)c1ccc(N2C3=CCCC=C3Nc3cc4nc5ccccc5nc4cc32)cc1. The molecule has 0 spiro atoms. The van der Waals surface area contributed by atoms with Gasteiger partial charge in [0.05, 0.1) is 44.8 Å². The molecule has 0 unspecified atom stereocenters. The lowest BCUT2D eigenvalue weighted by atomic mass is 9.99. The maximum atomic E-state index is 4.90. The first kappa shape index (κ1) is 18.1. The van der Waals surface area contributed by atoms with E-state index in [-0.39, 0.29) is 0 Å². The molecule has 6 rings (SSSR count). The Balaban J connectivity index is 1.57. The second-order valence-corrected chi connectivity index (χ2v) is 8.56. The molecule has 2 heterocycles. The van der Waals surface area contributed by atoms with E-state index >= 15 is 0 Å². The molecule has 3 aromatic carbocycles. The van der Waals surface area contributed by atoms with Crippen LogP contribution in [0.5, 0.6) is 0 Å². The molecule has 2 aliphatic rings. The maximum absolute atomic E-state index is 4.90. The molecule has 1 aliphatic heterocycles. The zero-order valence-corrected chi connectivity index (χ0v) is 17.8. The Morgan fingerprint density at radius 3 is 2.19 bits per heavy atom. The molecule has 152 valence electrons. The van der Waals surface area contributed by atoms with E-state index in [2.05, 4.69) is 72.6 Å². The van der Waals surface area contributed by atoms with Crippen molar-refractivity contribution in [3.63, 3.8) is 0 Å². The summed E-state index contributed by atoms with van der Waals surface area (Å²) < 4.78 is 0. The number of aromatic nitrogens is 2. The third-order valence-corrected chi connectivity index (χ3v) is 6.15. The number of anilines is 3. The van der Waals surface area contributed by atoms with Crippen LogP contribution in [0.1, 0.15) is 38.2 Å². The average molecular weight is 405 g/mol. The highest BCUT2D eigenvalue weighted by molar-refractivity contribution is 5.97. The van der Waals surface area contributed by atoms with E-state index in [1.54, 1.807) is 0 Å². The minimum Gasteiger partial charge on any atom is -0.352 e. The van der Waals surface area contributed by atoms with Crippen LogP contribution >= 0.6 is 0 Å². The molecule has 0 saturated carbocycles. The Morgan fingerprint density at radius 2 is 1.48 bits per heavy atom. The van der Waals surface area contributed by atoms with Crippen molar-refractivity contribution >= 4 is 39.1 Å². The van der Waals surface area contributed by atoms with E-state index in [4.69, 9.17) is 9.97 Å². The number of rotatable bonds is 2. The van der Waals surface area contributed by atoms with Gasteiger partial charge in [-0.2, -0.15) is 0 Å². The van der Waals surface area contributed by atoms with Crippen molar-refractivity contribution in [3.8, 4) is 0 Å². The van der Waals surface area contributed by atoms with Gasteiger partial charge in [0, 0.05) is 5.69 Å². The molecule has 4 heteroatoms. The minimum absolute atomic E-state index is 0.515. The summed E-state index contributed by atoms with van der Waals surface area (Å²) in [6, 6.07) is 21.3. The fourth-order valence-corrected chi connectivity index (χ4v) is 4.49. The van der Waals surface area contributed by atoms with Gasteiger partial charge in [0.15, 0.2) is 0 Å². The molecule has 0 amide bonds. The molecular formula is C27H24N4. The van der Waals surface area contributed by atoms with Crippen LogP contribution in [-0.2, 0) is 0 Å². The number of nitrogens with one attached hydrogen (secondary N) is 1. The summed E-state index contributed by atoms with van der Waals surface area (Å²) in [5.41, 5.74) is 10.7. The van der Waals surface area contributed by atoms with E-state index in [0.717, 1.165) is 46.3 Å². The largest absolute Gasteiger partial charge is 0.352 e. The maximum Gasteiger partial charge on any atom is 0.0917 e. The van der Waals surface area contributed by atoms with Crippen molar-refractivity contribution in [1.82, 2.24) is 9.97 Å². The number of benzene rings is 3. The van der Waals surface area contributed by atoms with Crippen LogP contribution < -0.4 is 10.2 Å². The molecule has 0 atom stereocenters. The summed E-state index contributed by atoms with van der Waals surface area (Å²) in [6.07, 6.45) is 6.73. The lowest BCUT2D eigenvalue weighted by Gasteiger charge is -2.37. The van der Waals surface area contributed by atoms with Gasteiger partial charge >= 0.3 is 0 Å². The predicted octanol–water partition coefficient (Wildman–Crippen LogP) is 7.03. The lowest BCUT2D eigenvalue weighted by molar-refractivity contribution is 0.866. The number of fused-ring (bicyclic) bond motifs is 4. The lowest BCUT2D eigenvalue weighted by Crippen LogP contribution is -2.28. The first-order chi connectivity index (χ1) is 15.2. The van der Waals surface area contributed by atoms with Gasteiger partial charge in [-0.1, -0.05) is 50.3 Å². The highest BCUT2D eigenvalue weighted by Gasteiger charge is 2.28. The molecule has 4 aromatic rings. The molecular weight excluding hydrogens is 380 g/mol. The average Bonchev–Trinajstić information content (AvgIpc) is 2.80. The van der Waals surface area contributed by atoms with Crippen molar-refractivity contribution in [2.24, 2.45) is 0 Å². The van der Waals surface area contributed by atoms with Crippen LogP contribution in [0.15, 0.2) is 84.2 Å². The Morgan fingerprint density at radius 1 is 0.806 bits per heavy atom. The van der Waals surface area contributed by atoms with E-state index in [0.29, 0.717) is 5.92 Å². The van der Waals surface area contributed by atoms with Crippen LogP contribution in [0, 0.1) is 0 Å². The molecule has 1 aromatic heterocycles. The van der Waals surface area contributed by atoms with Crippen LogP contribution in [0.3, 0.4) is 0 Å². The minimum atomic E-state index is 0.515. The van der Waals surface area contributed by atoms with Gasteiger partial charge < -0.3 is 10.2 Å². The monoisotopic (exact) mass is 404 g/mol. The third kappa shape index (κ3) is 2.98. The summed E-state index contributed by atoms with van der Waals surface area (Å²) >= 11 is 0. The third-order valence-electron chi connectivity index (χ3n) is 6.15. The zero-order chi connectivity index (χ0) is 20.9. The Kier molecular flexibility index (Phi) is 4.06. The summed E-state index contributed by atoms with van der Waals surface area (Å²) in [5.74, 6) is 0.515. The number of allylic oxidation sites excluding steroid dienone is 2. The number of hydrogen-bond donors (Lipinski definition) is 1. The normalized spacial score (nSPS) is 15.4. The second kappa shape index (κ2) is 6.95. The fraction of sp³-hybridized carbons (Fsp3) is 0.185. The standard InChI is InChI=1S/C27H24N4/c1-17(2)18-11-13-19(14-12-18)31-26-10-6-5-9-22(26)30-25-15-23-24(16-27(25)31)29-21-8-4-3-7-20(21)28-23/h3-4,7-17,30H,5-6H2,1-2H3. The molecule has 0 fully saturated rings. The van der Waals surface area contributed by atoms with E-state index in [9.17, 15) is 0 Å². The molecule has 1 aliphatic carbocycles. The van der Waals surface area contributed by atoms with Crippen LogP contribution in [0.2, 0.25) is 0 Å². The molecule has 0 saturated heterocycles. The molecule has 4 nitrogen and oxygen atoms in total. The van der Waals surface area contributed by atoms with Crippen LogP contribution in [0.25, 0.3) is 22.1 Å². The van der Waals surface area contributed by atoms with E-state index in [1.165, 1.54) is 22.6 Å². The second-order valence-electron chi connectivity index (χ2n) is 8.56. The van der Waals surface area contributed by atoms with Gasteiger partial charge in [0.1, 0.15) is 0 Å². The van der Waals surface area contributed by atoms with Crippen molar-refractivity contribution < 1.29 is 0 Å². The van der Waals surface area contributed by atoms with Crippen LogP contribution in [0.4, 0.5) is 17.1 Å². The van der Waals surface area contributed by atoms with Crippen molar-refractivity contribution in [3.05, 3.63) is 89.8 Å². The molecule has 1 N–H and O–H groups in total. The highest BCUT2D eigenvalue weighted by Crippen LogP contribution is 2.45. The van der Waals surface area contributed by atoms with Crippen LogP contribution in [-0.4, -0.2) is 9.97 Å². The highest BCUT2D eigenvalue weighted by atomic mass is 15.2. The quantitative estimate of drug-likeness (QED) is 0.364. The van der Waals surface area contributed by atoms with Gasteiger partial charge in [-0.3, -0.25) is 0 Å². The topological polar surface area (TPSA) is 41.0 Å². The molecule has 0 bridgehead atoms. The summed E-state index contributed by atoms with van der Waals surface area (Å²) in [4.78, 5) is 12.1. The summed E-state index contributed by atoms with van der Waals surface area (Å²) in [7, 11) is 0. The number of nitrogens with zero attached hydrogens (tertiary/aromatic N) is 3. The van der Waals surface area contributed by atoms with Crippen molar-refractivity contribution in [2.75, 3.05) is 10.2 Å². The van der Waals surface area contributed by atoms with E-state index < -0.39 is 0 Å². The van der Waals surface area contributed by atoms with Crippen molar-refractivity contribution in [1.29, 1.82) is 0 Å². The first-order valence-corrected chi connectivity index (χ1v) is 11.0. The van der Waals surface area contributed by atoms with Gasteiger partial charge in [0.2, 0.25) is 0 Å². The number of para-hydroxylation sites is 2. The van der Waals surface area contributed by atoms with Gasteiger partial charge in [-0.15, -0.1) is 0 Å².